The van der Waals surface area contributed by atoms with Crippen molar-refractivity contribution in [3.63, 3.8) is 0 Å². The summed E-state index contributed by atoms with van der Waals surface area (Å²) in [6.45, 7) is 5.91. The summed E-state index contributed by atoms with van der Waals surface area (Å²) in [5.41, 5.74) is 5.68. The van der Waals surface area contributed by atoms with Crippen molar-refractivity contribution in [1.29, 1.82) is 5.26 Å². The van der Waals surface area contributed by atoms with Gasteiger partial charge in [-0.2, -0.15) is 5.26 Å². The lowest BCUT2D eigenvalue weighted by Gasteiger charge is -2.08. The summed E-state index contributed by atoms with van der Waals surface area (Å²) >= 11 is 0. The number of benzene rings is 2. The van der Waals surface area contributed by atoms with Gasteiger partial charge in [-0.25, -0.2) is 9.98 Å². The zero-order valence-electron chi connectivity index (χ0n) is 16.3. The van der Waals surface area contributed by atoms with Gasteiger partial charge in [0.25, 0.3) is 0 Å². The van der Waals surface area contributed by atoms with Gasteiger partial charge in [0.2, 0.25) is 0 Å². The molecule has 0 fully saturated rings. The molecule has 2 aromatic heterocycles. The lowest BCUT2D eigenvalue weighted by Crippen LogP contribution is -2.02. The number of nitrogens with zero attached hydrogens (tertiary/aromatic N) is 4. The highest BCUT2D eigenvalue weighted by atomic mass is 15.0. The number of aromatic nitrogens is 2. The predicted octanol–water partition coefficient (Wildman–Crippen LogP) is 5.71. The van der Waals surface area contributed by atoms with E-state index in [4.69, 9.17) is 4.99 Å². The fourth-order valence-electron chi connectivity index (χ4n) is 2.97. The molecule has 0 amide bonds. The first-order chi connectivity index (χ1) is 13.7. The van der Waals surface area contributed by atoms with Crippen LogP contribution in [0, 0.1) is 18.3 Å². The second kappa shape index (κ2) is 8.79. The molecule has 28 heavy (non-hydrogen) atoms. The van der Waals surface area contributed by atoms with E-state index in [-0.39, 0.29) is 0 Å². The number of pyridine rings is 1. The summed E-state index contributed by atoms with van der Waals surface area (Å²) in [6, 6.07) is 24.1. The number of nitriles is 1. The van der Waals surface area contributed by atoms with Gasteiger partial charge in [-0.1, -0.05) is 74.5 Å². The normalized spacial score (nSPS) is 9.93. The van der Waals surface area contributed by atoms with Crippen LogP contribution in [0.1, 0.15) is 36.2 Å². The fourth-order valence-corrected chi connectivity index (χ4v) is 2.97. The third kappa shape index (κ3) is 3.99. The molecule has 138 valence electrons. The van der Waals surface area contributed by atoms with Crippen LogP contribution in [-0.2, 0) is 0 Å². The van der Waals surface area contributed by atoms with Crippen molar-refractivity contribution in [3.05, 3.63) is 102 Å². The molecule has 0 aliphatic carbocycles. The van der Waals surface area contributed by atoms with E-state index in [9.17, 15) is 5.26 Å². The summed E-state index contributed by atoms with van der Waals surface area (Å²) in [4.78, 5) is 9.30. The van der Waals surface area contributed by atoms with Gasteiger partial charge in [0, 0.05) is 23.5 Å². The monoisotopic (exact) mass is 366 g/mol. The Bertz CT molecular complexity index is 1090. The summed E-state index contributed by atoms with van der Waals surface area (Å²) in [5, 5.41) is 9.49. The average Bonchev–Trinajstić information content (AvgIpc) is 3.14. The SMILES string of the molecule is CC.Cc1cn2cc(N=C(c3ccccc3)c3ccccc3)cc(C#N)c2n1. The van der Waals surface area contributed by atoms with E-state index in [0.717, 1.165) is 22.5 Å². The number of hydrogen-bond donors (Lipinski definition) is 0. The van der Waals surface area contributed by atoms with Gasteiger partial charge in [0.1, 0.15) is 6.07 Å². The van der Waals surface area contributed by atoms with Crippen molar-refractivity contribution in [3.8, 4) is 6.07 Å². The largest absolute Gasteiger partial charge is 0.304 e. The van der Waals surface area contributed by atoms with Crippen LogP contribution < -0.4 is 0 Å². The second-order valence-electron chi connectivity index (χ2n) is 6.03. The zero-order valence-corrected chi connectivity index (χ0v) is 16.3. The first kappa shape index (κ1) is 19.1. The lowest BCUT2D eigenvalue weighted by atomic mass is 10.0. The van der Waals surface area contributed by atoms with E-state index in [1.54, 1.807) is 6.07 Å². The summed E-state index contributed by atoms with van der Waals surface area (Å²) in [7, 11) is 0. The van der Waals surface area contributed by atoms with Crippen LogP contribution in [-0.4, -0.2) is 15.1 Å². The highest BCUT2D eigenvalue weighted by Crippen LogP contribution is 2.22. The Morgan fingerprint density at radius 3 is 2.04 bits per heavy atom. The average molecular weight is 366 g/mol. The third-order valence-corrected chi connectivity index (χ3v) is 4.11. The highest BCUT2D eigenvalue weighted by Gasteiger charge is 2.10. The van der Waals surface area contributed by atoms with E-state index in [2.05, 4.69) is 11.1 Å². The third-order valence-electron chi connectivity index (χ3n) is 4.11. The molecule has 0 aliphatic heterocycles. The van der Waals surface area contributed by atoms with Crippen LogP contribution in [0.3, 0.4) is 0 Å². The molecule has 0 saturated heterocycles. The molecule has 0 radical (unpaired) electrons. The van der Waals surface area contributed by atoms with Gasteiger partial charge in [0.15, 0.2) is 5.65 Å². The van der Waals surface area contributed by atoms with Crippen LogP contribution in [0.15, 0.2) is 84.1 Å². The number of imidazole rings is 1. The standard InChI is InChI=1S/C22H16N4.C2H6/c1-16-14-26-15-20(12-19(13-23)22(26)24-16)25-21(17-8-4-2-5-9-17)18-10-6-3-7-11-18;1-2/h2-12,14-15H,1H3;1-2H3. The van der Waals surface area contributed by atoms with E-state index in [1.165, 1.54) is 0 Å². The van der Waals surface area contributed by atoms with Gasteiger partial charge < -0.3 is 4.40 Å². The first-order valence-corrected chi connectivity index (χ1v) is 9.33. The van der Waals surface area contributed by atoms with E-state index in [1.807, 2.05) is 98.2 Å². The maximum Gasteiger partial charge on any atom is 0.155 e. The van der Waals surface area contributed by atoms with Crippen molar-refractivity contribution < 1.29 is 0 Å². The van der Waals surface area contributed by atoms with Crippen molar-refractivity contribution >= 4 is 17.0 Å². The Morgan fingerprint density at radius 1 is 0.929 bits per heavy atom. The number of rotatable bonds is 3. The molecule has 0 aliphatic rings. The van der Waals surface area contributed by atoms with Gasteiger partial charge in [-0.05, 0) is 13.0 Å². The minimum atomic E-state index is 0.514. The second-order valence-corrected chi connectivity index (χ2v) is 6.03. The minimum Gasteiger partial charge on any atom is -0.304 e. The van der Waals surface area contributed by atoms with Gasteiger partial charge in [-0.3, -0.25) is 0 Å². The first-order valence-electron chi connectivity index (χ1n) is 9.33. The molecule has 0 atom stereocenters. The maximum atomic E-state index is 9.49. The van der Waals surface area contributed by atoms with Crippen LogP contribution >= 0.6 is 0 Å². The molecule has 4 aromatic rings. The molecule has 4 nitrogen and oxygen atoms in total. The molecule has 0 saturated carbocycles. The van der Waals surface area contributed by atoms with Crippen molar-refractivity contribution in [1.82, 2.24) is 9.38 Å². The van der Waals surface area contributed by atoms with Crippen LogP contribution in [0.25, 0.3) is 5.65 Å². The summed E-state index contributed by atoms with van der Waals surface area (Å²) < 4.78 is 1.86. The van der Waals surface area contributed by atoms with Crippen molar-refractivity contribution in [2.75, 3.05) is 0 Å². The Hall–Kier alpha value is -3.71. The molecular weight excluding hydrogens is 344 g/mol. The zero-order chi connectivity index (χ0) is 19.9. The molecule has 0 bridgehead atoms. The summed E-state index contributed by atoms with van der Waals surface area (Å²) in [5.74, 6) is 0. The molecule has 0 spiro atoms. The van der Waals surface area contributed by atoms with Crippen LogP contribution in [0.4, 0.5) is 5.69 Å². The maximum absolute atomic E-state index is 9.49. The fraction of sp³-hybridized carbons (Fsp3) is 0.125. The van der Waals surface area contributed by atoms with Gasteiger partial charge >= 0.3 is 0 Å². The molecule has 2 heterocycles. The minimum absolute atomic E-state index is 0.514. The molecule has 0 unspecified atom stereocenters. The topological polar surface area (TPSA) is 53.5 Å². The Kier molecular flexibility index (Phi) is 5.98. The van der Waals surface area contributed by atoms with Gasteiger partial charge in [-0.15, -0.1) is 0 Å². The Morgan fingerprint density at radius 2 is 1.50 bits per heavy atom. The Balaban J connectivity index is 0.00000109. The van der Waals surface area contributed by atoms with Crippen LogP contribution in [0.2, 0.25) is 0 Å². The number of hydrogen-bond acceptors (Lipinski definition) is 3. The smallest absolute Gasteiger partial charge is 0.155 e. The molecule has 0 N–H and O–H groups in total. The number of aryl methyl sites for hydroxylation is 1. The molecule has 4 rings (SSSR count). The molecule has 4 heteroatoms. The number of fused-ring (bicyclic) bond motifs is 1. The Labute approximate surface area is 165 Å². The predicted molar refractivity (Wildman–Crippen MR) is 114 cm³/mol. The number of aliphatic imine (C=N–C) groups is 1. The molecule has 2 aromatic carbocycles. The van der Waals surface area contributed by atoms with Crippen LogP contribution in [0.5, 0.6) is 0 Å². The van der Waals surface area contributed by atoms with E-state index in [0.29, 0.717) is 16.9 Å². The van der Waals surface area contributed by atoms with Gasteiger partial charge in [0.05, 0.1) is 22.7 Å². The van der Waals surface area contributed by atoms with Crippen molar-refractivity contribution in [2.45, 2.75) is 20.8 Å². The summed E-state index contributed by atoms with van der Waals surface area (Å²) in [6.07, 6.45) is 3.81. The van der Waals surface area contributed by atoms with E-state index < -0.39 is 0 Å². The highest BCUT2D eigenvalue weighted by molar-refractivity contribution is 6.13. The van der Waals surface area contributed by atoms with Crippen molar-refractivity contribution in [2.24, 2.45) is 4.99 Å². The molecular formula is C24H22N4. The lowest BCUT2D eigenvalue weighted by molar-refractivity contribution is 1.17. The van der Waals surface area contributed by atoms with E-state index >= 15 is 0 Å². The quantitative estimate of drug-likeness (QED) is 0.436.